The number of benzene rings is 2. The Balaban J connectivity index is 2.12. The smallest absolute Gasteiger partial charge is 0.429 e. The second kappa shape index (κ2) is 4.90. The summed E-state index contributed by atoms with van der Waals surface area (Å²) in [5, 5.41) is 0. The van der Waals surface area contributed by atoms with Crippen LogP contribution in [0.1, 0.15) is 0 Å². The van der Waals surface area contributed by atoms with Crippen LogP contribution >= 0.6 is 20.0 Å². The van der Waals surface area contributed by atoms with Crippen LogP contribution in [0.25, 0.3) is 11.1 Å². The van der Waals surface area contributed by atoms with Crippen molar-refractivity contribution < 1.29 is 18.4 Å². The lowest BCUT2D eigenvalue weighted by atomic mass is 10.3. The molecular formula is C13H10NO4PS. The Labute approximate surface area is 119 Å². The first-order valence-corrected chi connectivity index (χ1v) is 7.71. The molecule has 0 saturated carbocycles. The molecule has 1 unspecified atom stereocenters. The van der Waals surface area contributed by atoms with Gasteiger partial charge in [0, 0.05) is 0 Å². The highest BCUT2D eigenvalue weighted by Crippen LogP contribution is 2.47. The first-order chi connectivity index (χ1) is 9.58. The number of nitrogens with zero attached hydrogens (tertiary/aromatic N) is 1. The van der Waals surface area contributed by atoms with Gasteiger partial charge < -0.3 is 8.94 Å². The molecule has 0 amide bonds. The van der Waals surface area contributed by atoms with Crippen molar-refractivity contribution in [2.75, 3.05) is 0 Å². The number of fused-ring (bicyclic) bond motifs is 1. The molecule has 7 heteroatoms. The number of para-hydroxylation sites is 3. The lowest BCUT2D eigenvalue weighted by Crippen LogP contribution is -2.02. The van der Waals surface area contributed by atoms with E-state index in [1.165, 1.54) is 0 Å². The Hall–Kier alpha value is -1.88. The Morgan fingerprint density at radius 1 is 1.10 bits per heavy atom. The molecule has 20 heavy (non-hydrogen) atoms. The van der Waals surface area contributed by atoms with Crippen LogP contribution in [0, 0.1) is 4.84 Å². The zero-order valence-corrected chi connectivity index (χ0v) is 11.9. The summed E-state index contributed by atoms with van der Waals surface area (Å²) in [5.74, 6) is 0.283. The predicted octanol–water partition coefficient (Wildman–Crippen LogP) is 3.99. The second-order valence-electron chi connectivity index (χ2n) is 4.04. The van der Waals surface area contributed by atoms with Gasteiger partial charge in [0.2, 0.25) is 0 Å². The van der Waals surface area contributed by atoms with Gasteiger partial charge in [0.05, 0.1) is 5.52 Å². The highest BCUT2D eigenvalue weighted by molar-refractivity contribution is 7.71. The van der Waals surface area contributed by atoms with E-state index in [0.29, 0.717) is 11.1 Å². The summed E-state index contributed by atoms with van der Waals surface area (Å²) >= 11 is 5.00. The lowest BCUT2D eigenvalue weighted by Gasteiger charge is -2.13. The highest BCUT2D eigenvalue weighted by Gasteiger charge is 2.28. The van der Waals surface area contributed by atoms with Crippen LogP contribution in [0.4, 0.5) is 0 Å². The quantitative estimate of drug-likeness (QED) is 0.585. The minimum Gasteiger partial charge on any atom is -0.429 e. The zero-order valence-electron chi connectivity index (χ0n) is 10.2. The summed E-state index contributed by atoms with van der Waals surface area (Å²) in [7, 11) is -4.18. The third-order valence-electron chi connectivity index (χ3n) is 2.68. The van der Waals surface area contributed by atoms with Crippen LogP contribution < -0.4 is 4.52 Å². The number of rotatable bonds is 3. The molecule has 1 aromatic heterocycles. The van der Waals surface area contributed by atoms with Crippen molar-refractivity contribution >= 4 is 31.1 Å². The van der Waals surface area contributed by atoms with Gasteiger partial charge in [-0.1, -0.05) is 30.3 Å². The van der Waals surface area contributed by atoms with Crippen molar-refractivity contribution in [1.82, 2.24) is 4.34 Å². The van der Waals surface area contributed by atoms with Crippen LogP contribution in [-0.4, -0.2) is 9.23 Å². The van der Waals surface area contributed by atoms with E-state index >= 15 is 0 Å². The Morgan fingerprint density at radius 2 is 1.75 bits per heavy atom. The van der Waals surface area contributed by atoms with Crippen molar-refractivity contribution in [3.8, 4) is 5.75 Å². The molecule has 1 N–H and O–H groups in total. The minimum atomic E-state index is -4.18. The van der Waals surface area contributed by atoms with E-state index in [4.69, 9.17) is 21.2 Å². The molecular weight excluding hydrogens is 297 g/mol. The maximum atomic E-state index is 12.5. The van der Waals surface area contributed by atoms with Crippen molar-refractivity contribution in [3.63, 3.8) is 0 Å². The van der Waals surface area contributed by atoms with Gasteiger partial charge in [-0.3, -0.25) is 4.89 Å². The highest BCUT2D eigenvalue weighted by atomic mass is 32.1. The first kappa shape index (κ1) is 13.1. The van der Waals surface area contributed by atoms with E-state index in [0.717, 1.165) is 4.34 Å². The first-order valence-electron chi connectivity index (χ1n) is 5.77. The van der Waals surface area contributed by atoms with E-state index in [-0.39, 0.29) is 10.6 Å². The maximum Gasteiger partial charge on any atom is 0.494 e. The number of oxazole rings is 1. The van der Waals surface area contributed by atoms with Crippen LogP contribution in [0.15, 0.2) is 59.0 Å². The lowest BCUT2D eigenvalue weighted by molar-refractivity contribution is 0.365. The van der Waals surface area contributed by atoms with E-state index in [1.807, 2.05) is 0 Å². The van der Waals surface area contributed by atoms with Crippen molar-refractivity contribution in [2.45, 2.75) is 0 Å². The van der Waals surface area contributed by atoms with Crippen LogP contribution in [0.5, 0.6) is 5.75 Å². The third kappa shape index (κ3) is 2.29. The van der Waals surface area contributed by atoms with E-state index in [9.17, 15) is 9.46 Å². The van der Waals surface area contributed by atoms with E-state index in [1.54, 1.807) is 54.6 Å². The van der Waals surface area contributed by atoms with Crippen molar-refractivity contribution in [1.29, 1.82) is 0 Å². The Bertz CT molecular complexity index is 855. The maximum absolute atomic E-state index is 12.5. The van der Waals surface area contributed by atoms with Gasteiger partial charge in [0.15, 0.2) is 5.58 Å². The fourth-order valence-corrected chi connectivity index (χ4v) is 3.51. The summed E-state index contributed by atoms with van der Waals surface area (Å²) in [5.41, 5.74) is 0.850. The Kier molecular flexibility index (Phi) is 3.22. The molecule has 0 aliphatic carbocycles. The molecule has 102 valence electrons. The molecule has 2 aromatic carbocycles. The molecule has 5 nitrogen and oxygen atoms in total. The summed E-state index contributed by atoms with van der Waals surface area (Å²) in [4.78, 5) is 10.1. The van der Waals surface area contributed by atoms with Gasteiger partial charge in [-0.15, -0.1) is 0 Å². The van der Waals surface area contributed by atoms with Crippen LogP contribution in [0.2, 0.25) is 0 Å². The zero-order chi connectivity index (χ0) is 14.2. The molecule has 0 spiro atoms. The number of hydrogen-bond acceptors (Lipinski definition) is 4. The van der Waals surface area contributed by atoms with Gasteiger partial charge in [-0.2, -0.15) is 4.34 Å². The minimum absolute atomic E-state index is 0.104. The molecule has 1 atom stereocenters. The SMILES string of the molecule is O=P(O)(Oc1ccccc1)n1c(=S)oc2ccccc21. The average Bonchev–Trinajstić information content (AvgIpc) is 2.75. The van der Waals surface area contributed by atoms with E-state index in [2.05, 4.69) is 0 Å². The van der Waals surface area contributed by atoms with Crippen molar-refractivity contribution in [3.05, 3.63) is 59.4 Å². The Morgan fingerprint density at radius 3 is 2.50 bits per heavy atom. The topological polar surface area (TPSA) is 64.6 Å². The van der Waals surface area contributed by atoms with Gasteiger partial charge in [0.1, 0.15) is 5.75 Å². The number of hydrogen-bond donors (Lipinski definition) is 1. The monoisotopic (exact) mass is 307 g/mol. The van der Waals surface area contributed by atoms with Gasteiger partial charge in [-0.05, 0) is 36.5 Å². The molecule has 3 aromatic rings. The van der Waals surface area contributed by atoms with Gasteiger partial charge in [-0.25, -0.2) is 4.57 Å². The summed E-state index contributed by atoms with van der Waals surface area (Å²) < 4.78 is 23.9. The van der Waals surface area contributed by atoms with Crippen LogP contribution in [0.3, 0.4) is 0 Å². The van der Waals surface area contributed by atoms with E-state index < -0.39 is 7.75 Å². The fraction of sp³-hybridized carbons (Fsp3) is 0. The molecule has 0 aliphatic rings. The van der Waals surface area contributed by atoms with Crippen LogP contribution in [-0.2, 0) is 4.57 Å². The average molecular weight is 307 g/mol. The fourth-order valence-electron chi connectivity index (χ4n) is 1.85. The second-order valence-corrected chi connectivity index (χ2v) is 5.96. The summed E-state index contributed by atoms with van der Waals surface area (Å²) in [6.07, 6.45) is 0. The van der Waals surface area contributed by atoms with Gasteiger partial charge in [0.25, 0.3) is 4.84 Å². The molecule has 0 fully saturated rings. The molecule has 0 bridgehead atoms. The predicted molar refractivity (Wildman–Crippen MR) is 77.3 cm³/mol. The molecule has 3 rings (SSSR count). The molecule has 0 aliphatic heterocycles. The third-order valence-corrected chi connectivity index (χ3v) is 4.44. The largest absolute Gasteiger partial charge is 0.494 e. The van der Waals surface area contributed by atoms with Crippen molar-refractivity contribution in [2.24, 2.45) is 0 Å². The van der Waals surface area contributed by atoms with Gasteiger partial charge >= 0.3 is 7.75 Å². The standard InChI is InChI=1S/C13H10NO4PS/c15-19(16,18-10-6-2-1-3-7-10)14-11-8-4-5-9-12(11)17-13(14)20/h1-9H,(H,15,16). The normalized spacial score (nSPS) is 14.1. The molecule has 0 radical (unpaired) electrons. The molecule has 1 heterocycles. The number of aromatic nitrogens is 1. The summed E-state index contributed by atoms with van der Waals surface area (Å²) in [6, 6.07) is 15.2. The molecule has 0 saturated heterocycles. The summed E-state index contributed by atoms with van der Waals surface area (Å²) in [6.45, 7) is 0.